The summed E-state index contributed by atoms with van der Waals surface area (Å²) in [6.07, 6.45) is 1.60. The van der Waals surface area contributed by atoms with Crippen molar-refractivity contribution >= 4 is 17.5 Å². The second kappa shape index (κ2) is 9.41. The zero-order valence-corrected chi connectivity index (χ0v) is 15.3. The number of anilines is 1. The van der Waals surface area contributed by atoms with Gasteiger partial charge in [0.05, 0.1) is 0 Å². The average molecular weight is 356 g/mol. The van der Waals surface area contributed by atoms with Crippen molar-refractivity contribution in [2.75, 3.05) is 32.6 Å². The quantitative estimate of drug-likeness (QED) is 0.755. The van der Waals surface area contributed by atoms with E-state index in [1.54, 1.807) is 32.4 Å². The average Bonchev–Trinajstić information content (AvgIpc) is 2.65. The molecule has 0 aliphatic carbocycles. The molecule has 1 aromatic carbocycles. The van der Waals surface area contributed by atoms with Crippen LogP contribution in [0.1, 0.15) is 23.0 Å². The fourth-order valence-electron chi connectivity index (χ4n) is 2.14. The fourth-order valence-corrected chi connectivity index (χ4v) is 2.14. The summed E-state index contributed by atoms with van der Waals surface area (Å²) in [5.74, 6) is 0.345. The molecule has 2 aromatic rings. The second-order valence-electron chi connectivity index (χ2n) is 5.87. The van der Waals surface area contributed by atoms with E-state index in [4.69, 9.17) is 4.74 Å². The number of carbonyl (C=O) groups excluding carboxylic acids is 2. The van der Waals surface area contributed by atoms with Crippen LogP contribution in [0, 0.1) is 0 Å². The van der Waals surface area contributed by atoms with Gasteiger partial charge in [0.2, 0.25) is 0 Å². The fraction of sp³-hybridized carbons (Fsp3) is 0.316. The van der Waals surface area contributed by atoms with Gasteiger partial charge in [-0.2, -0.15) is 0 Å². The van der Waals surface area contributed by atoms with Crippen molar-refractivity contribution in [2.24, 2.45) is 0 Å². The Balaban J connectivity index is 1.95. The van der Waals surface area contributed by atoms with E-state index < -0.39 is 0 Å². The molecule has 2 rings (SSSR count). The second-order valence-corrected chi connectivity index (χ2v) is 5.87. The third kappa shape index (κ3) is 5.77. The van der Waals surface area contributed by atoms with E-state index in [1.165, 1.54) is 4.90 Å². The summed E-state index contributed by atoms with van der Waals surface area (Å²) >= 11 is 0. The van der Waals surface area contributed by atoms with Crippen molar-refractivity contribution in [3.05, 3.63) is 53.9 Å². The Labute approximate surface area is 153 Å². The highest BCUT2D eigenvalue weighted by molar-refractivity contribution is 5.93. The highest BCUT2D eigenvalue weighted by atomic mass is 16.5. The molecule has 0 aliphatic heterocycles. The monoisotopic (exact) mass is 356 g/mol. The third-order valence-corrected chi connectivity index (χ3v) is 3.59. The Morgan fingerprint density at radius 2 is 2.00 bits per heavy atom. The molecule has 0 bridgehead atoms. The standard InChI is InChI=1S/C19H24N4O3/c1-4-20-19(25)17-11-15(8-9-21-17)22-12-14-6-5-7-16(10-14)26-13-18(24)23(2)3/h5-11H,4,12-13H2,1-3H3,(H,20,25)(H,21,22). The Bertz CT molecular complexity index is 762. The summed E-state index contributed by atoms with van der Waals surface area (Å²) < 4.78 is 5.52. The number of nitrogens with one attached hydrogen (secondary N) is 2. The summed E-state index contributed by atoms with van der Waals surface area (Å²) in [5.41, 5.74) is 2.17. The first kappa shape index (κ1) is 19.2. The Morgan fingerprint density at radius 1 is 1.19 bits per heavy atom. The number of ether oxygens (including phenoxy) is 1. The molecule has 0 radical (unpaired) electrons. The van der Waals surface area contributed by atoms with Gasteiger partial charge >= 0.3 is 0 Å². The zero-order chi connectivity index (χ0) is 18.9. The molecule has 26 heavy (non-hydrogen) atoms. The largest absolute Gasteiger partial charge is 0.484 e. The van der Waals surface area contributed by atoms with E-state index >= 15 is 0 Å². The zero-order valence-electron chi connectivity index (χ0n) is 15.3. The van der Waals surface area contributed by atoms with Gasteiger partial charge in [0.25, 0.3) is 11.8 Å². The highest BCUT2D eigenvalue weighted by Crippen LogP contribution is 2.16. The topological polar surface area (TPSA) is 83.6 Å². The predicted octanol–water partition coefficient (Wildman–Crippen LogP) is 1.91. The molecule has 0 unspecified atom stereocenters. The van der Waals surface area contributed by atoms with Crippen LogP contribution in [0.25, 0.3) is 0 Å². The maximum atomic E-state index is 11.8. The summed E-state index contributed by atoms with van der Waals surface area (Å²) in [6.45, 7) is 2.98. The lowest BCUT2D eigenvalue weighted by Gasteiger charge is -2.12. The van der Waals surface area contributed by atoms with Gasteiger partial charge < -0.3 is 20.3 Å². The number of likely N-dealkylation sites (N-methyl/N-ethyl adjacent to an activating group) is 1. The Morgan fingerprint density at radius 3 is 2.73 bits per heavy atom. The number of aromatic nitrogens is 1. The molecule has 0 saturated heterocycles. The van der Waals surface area contributed by atoms with Crippen LogP contribution in [0.2, 0.25) is 0 Å². The van der Waals surface area contributed by atoms with Gasteiger partial charge in [-0.05, 0) is 36.8 Å². The van der Waals surface area contributed by atoms with Crippen molar-refractivity contribution in [1.82, 2.24) is 15.2 Å². The molecule has 0 spiro atoms. The van der Waals surface area contributed by atoms with Crippen molar-refractivity contribution < 1.29 is 14.3 Å². The van der Waals surface area contributed by atoms with Gasteiger partial charge in [-0.15, -0.1) is 0 Å². The molecule has 138 valence electrons. The van der Waals surface area contributed by atoms with Gasteiger partial charge in [0.1, 0.15) is 11.4 Å². The third-order valence-electron chi connectivity index (χ3n) is 3.59. The van der Waals surface area contributed by atoms with E-state index in [1.807, 2.05) is 31.2 Å². The van der Waals surface area contributed by atoms with Gasteiger partial charge in [-0.1, -0.05) is 12.1 Å². The lowest BCUT2D eigenvalue weighted by atomic mass is 10.2. The van der Waals surface area contributed by atoms with E-state index in [2.05, 4.69) is 15.6 Å². The number of hydrogen-bond acceptors (Lipinski definition) is 5. The molecule has 0 aliphatic rings. The van der Waals surface area contributed by atoms with Crippen molar-refractivity contribution in [1.29, 1.82) is 0 Å². The number of hydrogen-bond donors (Lipinski definition) is 2. The smallest absolute Gasteiger partial charge is 0.269 e. The van der Waals surface area contributed by atoms with Crippen LogP contribution in [0.15, 0.2) is 42.6 Å². The number of carbonyl (C=O) groups is 2. The first-order valence-corrected chi connectivity index (χ1v) is 8.39. The van der Waals surface area contributed by atoms with Crippen LogP contribution < -0.4 is 15.4 Å². The minimum atomic E-state index is -0.197. The summed E-state index contributed by atoms with van der Waals surface area (Å²) in [5, 5.41) is 5.98. The Hall–Kier alpha value is -3.09. The normalized spacial score (nSPS) is 10.1. The number of pyridine rings is 1. The molecule has 7 nitrogen and oxygen atoms in total. The van der Waals surface area contributed by atoms with Crippen LogP contribution in [0.5, 0.6) is 5.75 Å². The van der Waals surface area contributed by atoms with Crippen LogP contribution in [0.4, 0.5) is 5.69 Å². The van der Waals surface area contributed by atoms with Gasteiger partial charge in [0, 0.05) is 39.1 Å². The number of benzene rings is 1. The maximum absolute atomic E-state index is 11.8. The molecule has 0 fully saturated rings. The summed E-state index contributed by atoms with van der Waals surface area (Å²) in [4.78, 5) is 29.0. The van der Waals surface area contributed by atoms with E-state index in [0.717, 1.165) is 11.3 Å². The lowest BCUT2D eigenvalue weighted by molar-refractivity contribution is -0.130. The van der Waals surface area contributed by atoms with E-state index in [-0.39, 0.29) is 18.4 Å². The van der Waals surface area contributed by atoms with Crippen LogP contribution >= 0.6 is 0 Å². The molecule has 0 atom stereocenters. The lowest BCUT2D eigenvalue weighted by Crippen LogP contribution is -2.27. The maximum Gasteiger partial charge on any atom is 0.269 e. The van der Waals surface area contributed by atoms with Crippen molar-refractivity contribution in [3.8, 4) is 5.75 Å². The molecular weight excluding hydrogens is 332 g/mol. The molecule has 1 heterocycles. The predicted molar refractivity (Wildman–Crippen MR) is 100 cm³/mol. The van der Waals surface area contributed by atoms with Crippen LogP contribution in [0.3, 0.4) is 0 Å². The van der Waals surface area contributed by atoms with E-state index in [9.17, 15) is 9.59 Å². The van der Waals surface area contributed by atoms with Crippen LogP contribution in [-0.2, 0) is 11.3 Å². The molecule has 7 heteroatoms. The summed E-state index contributed by atoms with van der Waals surface area (Å²) in [6, 6.07) is 11.0. The highest BCUT2D eigenvalue weighted by Gasteiger charge is 2.07. The van der Waals surface area contributed by atoms with E-state index in [0.29, 0.717) is 24.5 Å². The van der Waals surface area contributed by atoms with Gasteiger partial charge in [0.15, 0.2) is 6.61 Å². The van der Waals surface area contributed by atoms with Gasteiger partial charge in [-0.3, -0.25) is 14.6 Å². The molecule has 0 saturated carbocycles. The SMILES string of the molecule is CCNC(=O)c1cc(NCc2cccc(OCC(=O)N(C)C)c2)ccn1. The number of amides is 2. The summed E-state index contributed by atoms with van der Waals surface area (Å²) in [7, 11) is 3.38. The number of nitrogens with zero attached hydrogens (tertiary/aromatic N) is 2. The van der Waals surface area contributed by atoms with Crippen LogP contribution in [-0.4, -0.2) is 48.9 Å². The minimum absolute atomic E-state index is 0.00410. The Kier molecular flexibility index (Phi) is 6.96. The first-order chi connectivity index (χ1) is 12.5. The van der Waals surface area contributed by atoms with Crippen molar-refractivity contribution in [3.63, 3.8) is 0 Å². The molecule has 2 amide bonds. The molecule has 2 N–H and O–H groups in total. The minimum Gasteiger partial charge on any atom is -0.484 e. The molecule has 1 aromatic heterocycles. The number of rotatable bonds is 8. The van der Waals surface area contributed by atoms with Gasteiger partial charge in [-0.25, -0.2) is 0 Å². The molecular formula is C19H24N4O3. The first-order valence-electron chi connectivity index (χ1n) is 8.39. The van der Waals surface area contributed by atoms with Crippen molar-refractivity contribution in [2.45, 2.75) is 13.5 Å².